The topological polar surface area (TPSA) is 77.7 Å². The number of aromatic nitrogens is 2. The zero-order chi connectivity index (χ0) is 31.7. The molecule has 0 unspecified atom stereocenters. The molecule has 6 aromatic rings. The molecule has 0 amide bonds. The molecule has 2 aromatic heterocycles. The third-order valence-corrected chi connectivity index (χ3v) is 7.85. The van der Waals surface area contributed by atoms with Crippen molar-refractivity contribution in [3.05, 3.63) is 192 Å². The second kappa shape index (κ2) is 14.7. The Labute approximate surface area is 270 Å². The van der Waals surface area contributed by atoms with Gasteiger partial charge >= 0.3 is 14.8 Å². The van der Waals surface area contributed by atoms with Crippen LogP contribution in [-0.4, -0.2) is 29.9 Å². The predicted molar refractivity (Wildman–Crippen MR) is 181 cm³/mol. The van der Waals surface area contributed by atoms with Crippen molar-refractivity contribution < 1.29 is 28.9 Å². The van der Waals surface area contributed by atoms with Crippen molar-refractivity contribution in [1.29, 1.82) is 0 Å². The predicted octanol–water partition coefficient (Wildman–Crippen LogP) is 3.95. The van der Waals surface area contributed by atoms with E-state index in [0.717, 1.165) is 44.5 Å². The summed E-state index contributed by atoms with van der Waals surface area (Å²) in [5.74, 6) is 0.574. The SMILES string of the molecule is O[B]Oc1cc[n+](Cc2ccc(C(=C(c3ccccc3)c3ccc(C[n+]4ccc(B(O)O)cc4)cc3)c3ccccc3)cc2)cc1. The summed E-state index contributed by atoms with van der Waals surface area (Å²) < 4.78 is 9.11. The van der Waals surface area contributed by atoms with Gasteiger partial charge in [-0.3, -0.25) is 0 Å². The highest BCUT2D eigenvalue weighted by molar-refractivity contribution is 6.58. The van der Waals surface area contributed by atoms with Gasteiger partial charge in [-0.2, -0.15) is 0 Å². The van der Waals surface area contributed by atoms with E-state index in [-0.39, 0.29) is 0 Å². The maximum absolute atomic E-state index is 9.42. The summed E-state index contributed by atoms with van der Waals surface area (Å²) >= 11 is 0. The Morgan fingerprint density at radius 2 is 0.913 bits per heavy atom. The van der Waals surface area contributed by atoms with Crippen LogP contribution in [0.15, 0.2) is 158 Å². The Kier molecular flexibility index (Phi) is 9.81. The molecule has 0 aliphatic rings. The van der Waals surface area contributed by atoms with E-state index in [1.54, 1.807) is 12.1 Å². The van der Waals surface area contributed by atoms with Crippen molar-refractivity contribution in [2.45, 2.75) is 13.1 Å². The molecule has 4 aromatic carbocycles. The van der Waals surface area contributed by atoms with Crippen LogP contribution in [0, 0.1) is 0 Å². The lowest BCUT2D eigenvalue weighted by Gasteiger charge is -2.18. The largest absolute Gasteiger partial charge is 0.569 e. The number of hydrogen-bond donors (Lipinski definition) is 3. The first kappa shape index (κ1) is 30.7. The molecule has 0 saturated heterocycles. The summed E-state index contributed by atoms with van der Waals surface area (Å²) in [7, 11) is -0.796. The molecule has 2 heterocycles. The van der Waals surface area contributed by atoms with E-state index < -0.39 is 7.12 Å². The van der Waals surface area contributed by atoms with E-state index in [2.05, 4.69) is 102 Å². The van der Waals surface area contributed by atoms with Crippen molar-refractivity contribution in [3.8, 4) is 5.75 Å². The lowest BCUT2D eigenvalue weighted by Crippen LogP contribution is -2.38. The van der Waals surface area contributed by atoms with Gasteiger partial charge in [0.15, 0.2) is 37.9 Å². The summed E-state index contributed by atoms with van der Waals surface area (Å²) in [6, 6.07) is 45.5. The Balaban J connectivity index is 1.37. The highest BCUT2D eigenvalue weighted by Gasteiger charge is 2.18. The molecule has 0 aliphatic heterocycles. The number of hydrogen-bond acceptors (Lipinski definition) is 4. The van der Waals surface area contributed by atoms with Gasteiger partial charge in [0, 0.05) is 35.4 Å². The van der Waals surface area contributed by atoms with Crippen molar-refractivity contribution in [2.24, 2.45) is 0 Å². The van der Waals surface area contributed by atoms with Crippen LogP contribution < -0.4 is 19.3 Å². The molecule has 1 radical (unpaired) electrons. The van der Waals surface area contributed by atoms with Gasteiger partial charge in [0.1, 0.15) is 5.75 Å². The molecule has 0 spiro atoms. The zero-order valence-electron chi connectivity index (χ0n) is 25.2. The molecule has 3 N–H and O–H groups in total. The Hall–Kier alpha value is -5.27. The molecule has 46 heavy (non-hydrogen) atoms. The van der Waals surface area contributed by atoms with Crippen LogP contribution in [0.1, 0.15) is 33.4 Å². The summed E-state index contributed by atoms with van der Waals surface area (Å²) in [5.41, 5.74) is 9.54. The van der Waals surface area contributed by atoms with Crippen molar-refractivity contribution in [2.75, 3.05) is 0 Å². The van der Waals surface area contributed by atoms with Gasteiger partial charge in [-0.1, -0.05) is 109 Å². The van der Waals surface area contributed by atoms with Crippen molar-refractivity contribution in [1.82, 2.24) is 0 Å². The quantitative estimate of drug-likeness (QED) is 0.119. The number of rotatable bonds is 11. The second-order valence-electron chi connectivity index (χ2n) is 11.0. The fourth-order valence-electron chi connectivity index (χ4n) is 5.53. The van der Waals surface area contributed by atoms with Gasteiger partial charge < -0.3 is 19.7 Å². The summed E-state index contributed by atoms with van der Waals surface area (Å²) in [5, 5.41) is 27.7. The average molecular weight is 603 g/mol. The molecular formula is C38H33B2N2O4+2. The molecule has 0 fully saturated rings. The summed E-state index contributed by atoms with van der Waals surface area (Å²) in [6.07, 6.45) is 7.55. The van der Waals surface area contributed by atoms with Gasteiger partial charge in [0.25, 0.3) is 0 Å². The van der Waals surface area contributed by atoms with E-state index in [9.17, 15) is 10.0 Å². The van der Waals surface area contributed by atoms with Crippen LogP contribution in [0.5, 0.6) is 5.75 Å². The number of pyridine rings is 2. The van der Waals surface area contributed by atoms with E-state index in [1.165, 1.54) is 0 Å². The maximum atomic E-state index is 9.42. The van der Waals surface area contributed by atoms with Crippen molar-refractivity contribution in [3.63, 3.8) is 0 Å². The normalized spacial score (nSPS) is 11.5. The minimum Gasteiger partial charge on any atom is -0.537 e. The van der Waals surface area contributed by atoms with Gasteiger partial charge in [-0.05, 0) is 38.9 Å². The Bertz CT molecular complexity index is 1880. The first-order valence-electron chi connectivity index (χ1n) is 15.1. The lowest BCUT2D eigenvalue weighted by atomic mass is 9.81. The van der Waals surface area contributed by atoms with E-state index in [1.807, 2.05) is 53.6 Å². The maximum Gasteiger partial charge on any atom is 0.569 e. The van der Waals surface area contributed by atoms with E-state index >= 15 is 0 Å². The smallest absolute Gasteiger partial charge is 0.537 e. The van der Waals surface area contributed by atoms with E-state index in [0.29, 0.717) is 32.0 Å². The molecule has 6 rings (SSSR count). The standard InChI is InChI=1S/C38H33B2N2O4/c43-39-46-36-21-25-42(26-22-36)28-30-13-17-34(18-14-30)38(32-9-5-2-6-10-32)37(31-7-3-1-4-8-31)33-15-11-29(12-16-33)27-41-23-19-35(20-24-41)40(44)45/h1-26,43-45H,27-28H2/q+2. The molecule has 0 atom stereocenters. The van der Waals surface area contributed by atoms with Gasteiger partial charge in [0.2, 0.25) is 0 Å². The first-order chi connectivity index (χ1) is 22.6. The summed E-state index contributed by atoms with van der Waals surface area (Å²) in [4.78, 5) is 0. The highest BCUT2D eigenvalue weighted by Crippen LogP contribution is 2.37. The van der Waals surface area contributed by atoms with Gasteiger partial charge in [0.05, 0.1) is 0 Å². The first-order valence-corrected chi connectivity index (χ1v) is 15.1. The van der Waals surface area contributed by atoms with E-state index in [4.69, 9.17) is 9.68 Å². The molecular weight excluding hydrogens is 570 g/mol. The summed E-state index contributed by atoms with van der Waals surface area (Å²) in [6.45, 7) is 1.36. The number of benzene rings is 4. The zero-order valence-corrected chi connectivity index (χ0v) is 25.2. The fraction of sp³-hybridized carbons (Fsp3) is 0.0526. The molecule has 8 heteroatoms. The Morgan fingerprint density at radius 3 is 1.30 bits per heavy atom. The second-order valence-corrected chi connectivity index (χ2v) is 11.0. The fourth-order valence-corrected chi connectivity index (χ4v) is 5.53. The van der Waals surface area contributed by atoms with Crippen LogP contribution >= 0.6 is 0 Å². The van der Waals surface area contributed by atoms with Crippen molar-refractivity contribution >= 4 is 31.4 Å². The minimum atomic E-state index is -1.48. The third-order valence-electron chi connectivity index (χ3n) is 7.85. The minimum absolute atomic E-state index is 0.464. The van der Waals surface area contributed by atoms with Crippen LogP contribution in [-0.2, 0) is 13.1 Å². The molecule has 0 bridgehead atoms. The number of nitrogens with zero attached hydrogens (tertiary/aromatic N) is 2. The molecule has 0 aliphatic carbocycles. The molecule has 223 valence electrons. The average Bonchev–Trinajstić information content (AvgIpc) is 3.10. The molecule has 0 saturated carbocycles. The van der Waals surface area contributed by atoms with Gasteiger partial charge in [-0.25, -0.2) is 9.13 Å². The Morgan fingerprint density at radius 1 is 0.522 bits per heavy atom. The van der Waals surface area contributed by atoms with Gasteiger partial charge in [-0.15, -0.1) is 0 Å². The van der Waals surface area contributed by atoms with Crippen LogP contribution in [0.4, 0.5) is 0 Å². The third kappa shape index (κ3) is 7.50. The lowest BCUT2D eigenvalue weighted by molar-refractivity contribution is -0.688. The molecule has 6 nitrogen and oxygen atoms in total. The van der Waals surface area contributed by atoms with Crippen LogP contribution in [0.2, 0.25) is 0 Å². The monoisotopic (exact) mass is 603 g/mol. The van der Waals surface area contributed by atoms with Crippen LogP contribution in [0.25, 0.3) is 11.1 Å². The highest BCUT2D eigenvalue weighted by atomic mass is 16.5. The van der Waals surface area contributed by atoms with Crippen LogP contribution in [0.3, 0.4) is 0 Å².